The lowest BCUT2D eigenvalue weighted by atomic mass is 10.00. The summed E-state index contributed by atoms with van der Waals surface area (Å²) in [7, 11) is 0. The van der Waals surface area contributed by atoms with Crippen LogP contribution in [-0.2, 0) is 0 Å². The second-order valence-corrected chi connectivity index (χ2v) is 4.91. The molecule has 1 aliphatic heterocycles. The summed E-state index contributed by atoms with van der Waals surface area (Å²) in [4.78, 5) is 12.7. The minimum Gasteiger partial charge on any atom is -0.363 e. The summed E-state index contributed by atoms with van der Waals surface area (Å²) < 4.78 is 0. The molecule has 0 saturated carbocycles. The van der Waals surface area contributed by atoms with Gasteiger partial charge in [-0.2, -0.15) is 10.5 Å². The third kappa shape index (κ3) is 2.41. The Labute approximate surface area is 117 Å². The van der Waals surface area contributed by atoms with E-state index in [0.29, 0.717) is 5.69 Å². The molecule has 0 bridgehead atoms. The molecule has 2 rings (SSSR count). The molecule has 6 nitrogen and oxygen atoms in total. The molecule has 1 aromatic rings. The van der Waals surface area contributed by atoms with Crippen molar-refractivity contribution in [2.75, 3.05) is 11.4 Å². The van der Waals surface area contributed by atoms with Gasteiger partial charge in [-0.15, -0.1) is 0 Å². The van der Waals surface area contributed by atoms with Gasteiger partial charge in [0.15, 0.2) is 0 Å². The van der Waals surface area contributed by atoms with Crippen LogP contribution in [0, 0.1) is 32.8 Å². The van der Waals surface area contributed by atoms with E-state index in [2.05, 4.69) is 0 Å². The first-order chi connectivity index (χ1) is 9.58. The second kappa shape index (κ2) is 5.58. The average molecular weight is 270 g/mol. The van der Waals surface area contributed by atoms with Crippen molar-refractivity contribution in [3.05, 3.63) is 33.4 Å². The van der Waals surface area contributed by atoms with Crippen LogP contribution in [0.5, 0.6) is 0 Å². The monoisotopic (exact) mass is 270 g/mol. The zero-order chi connectivity index (χ0) is 14.7. The molecule has 1 atom stereocenters. The molecule has 0 amide bonds. The molecule has 1 fully saturated rings. The van der Waals surface area contributed by atoms with Gasteiger partial charge in [-0.1, -0.05) is 0 Å². The van der Waals surface area contributed by atoms with E-state index in [9.17, 15) is 10.1 Å². The first-order valence-corrected chi connectivity index (χ1v) is 6.47. The molecule has 6 heteroatoms. The molecule has 1 saturated heterocycles. The van der Waals surface area contributed by atoms with Crippen molar-refractivity contribution in [2.45, 2.75) is 32.2 Å². The molecule has 0 aromatic heterocycles. The van der Waals surface area contributed by atoms with Gasteiger partial charge in [0, 0.05) is 18.7 Å². The van der Waals surface area contributed by atoms with Crippen molar-refractivity contribution in [2.24, 2.45) is 0 Å². The van der Waals surface area contributed by atoms with Crippen molar-refractivity contribution >= 4 is 11.4 Å². The Balaban J connectivity index is 2.59. The number of nitro groups is 1. The van der Waals surface area contributed by atoms with Crippen LogP contribution in [0.1, 0.15) is 37.3 Å². The van der Waals surface area contributed by atoms with Gasteiger partial charge < -0.3 is 4.90 Å². The van der Waals surface area contributed by atoms with E-state index in [0.717, 1.165) is 25.8 Å². The number of nitrogens with zero attached hydrogens (tertiary/aromatic N) is 4. The molecule has 0 radical (unpaired) electrons. The Bertz CT molecular complexity index is 627. The maximum atomic E-state index is 11.2. The third-order valence-corrected chi connectivity index (χ3v) is 3.66. The first-order valence-electron chi connectivity index (χ1n) is 6.47. The number of nitro benzene ring substituents is 1. The van der Waals surface area contributed by atoms with Gasteiger partial charge in [0.25, 0.3) is 5.69 Å². The Morgan fingerprint density at radius 1 is 1.30 bits per heavy atom. The van der Waals surface area contributed by atoms with Gasteiger partial charge in [-0.3, -0.25) is 10.1 Å². The minimum atomic E-state index is -0.487. The van der Waals surface area contributed by atoms with Crippen LogP contribution in [0.15, 0.2) is 12.1 Å². The molecule has 20 heavy (non-hydrogen) atoms. The molecule has 1 aromatic carbocycles. The molecule has 1 aliphatic rings. The summed E-state index contributed by atoms with van der Waals surface area (Å²) in [5.74, 6) is 0. The van der Waals surface area contributed by atoms with E-state index in [4.69, 9.17) is 10.5 Å². The SMILES string of the molecule is C[C@@H]1CCCCN1c1cc(C#N)c(C#N)cc1[N+](=O)[O-]. The lowest BCUT2D eigenvalue weighted by molar-refractivity contribution is -0.384. The Morgan fingerprint density at radius 2 is 1.95 bits per heavy atom. The summed E-state index contributed by atoms with van der Waals surface area (Å²) in [6.45, 7) is 2.76. The van der Waals surface area contributed by atoms with Gasteiger partial charge in [-0.25, -0.2) is 0 Å². The van der Waals surface area contributed by atoms with Crippen LogP contribution in [0.4, 0.5) is 11.4 Å². The lowest BCUT2D eigenvalue weighted by Crippen LogP contribution is -2.37. The number of hydrogen-bond donors (Lipinski definition) is 0. The molecule has 102 valence electrons. The predicted molar refractivity (Wildman–Crippen MR) is 73.2 cm³/mol. The van der Waals surface area contributed by atoms with E-state index in [1.54, 1.807) is 0 Å². The van der Waals surface area contributed by atoms with Crippen LogP contribution in [0.2, 0.25) is 0 Å². The van der Waals surface area contributed by atoms with Crippen molar-refractivity contribution in [3.63, 3.8) is 0 Å². The van der Waals surface area contributed by atoms with Crippen LogP contribution in [0.25, 0.3) is 0 Å². The van der Waals surface area contributed by atoms with E-state index >= 15 is 0 Å². The molecular formula is C14H14N4O2. The number of rotatable bonds is 2. The van der Waals surface area contributed by atoms with Gasteiger partial charge in [0.2, 0.25) is 0 Å². The molecule has 0 aliphatic carbocycles. The Kier molecular flexibility index (Phi) is 3.86. The van der Waals surface area contributed by atoms with Crippen molar-refractivity contribution in [3.8, 4) is 12.1 Å². The molecule has 0 unspecified atom stereocenters. The summed E-state index contributed by atoms with van der Waals surface area (Å²) in [6.07, 6.45) is 3.05. The fraction of sp³-hybridized carbons (Fsp3) is 0.429. The maximum Gasteiger partial charge on any atom is 0.293 e. The molecular weight excluding hydrogens is 256 g/mol. The predicted octanol–water partition coefficient (Wildman–Crippen LogP) is 2.72. The van der Waals surface area contributed by atoms with Crippen LogP contribution >= 0.6 is 0 Å². The summed E-state index contributed by atoms with van der Waals surface area (Å²) in [6, 6.07) is 6.64. The van der Waals surface area contributed by atoms with Crippen molar-refractivity contribution < 1.29 is 4.92 Å². The maximum absolute atomic E-state index is 11.2. The Hall–Kier alpha value is -2.60. The fourth-order valence-corrected chi connectivity index (χ4v) is 2.59. The van der Waals surface area contributed by atoms with Crippen LogP contribution in [-0.4, -0.2) is 17.5 Å². The zero-order valence-corrected chi connectivity index (χ0v) is 11.2. The lowest BCUT2D eigenvalue weighted by Gasteiger charge is -2.35. The highest BCUT2D eigenvalue weighted by Gasteiger charge is 2.27. The highest BCUT2D eigenvalue weighted by atomic mass is 16.6. The number of anilines is 1. The van der Waals surface area contributed by atoms with Gasteiger partial charge in [0.05, 0.1) is 16.1 Å². The topological polar surface area (TPSA) is 94.0 Å². The van der Waals surface area contributed by atoms with Gasteiger partial charge >= 0.3 is 0 Å². The quantitative estimate of drug-likeness (QED) is 0.608. The average Bonchev–Trinajstić information content (AvgIpc) is 2.46. The largest absolute Gasteiger partial charge is 0.363 e. The number of piperidine rings is 1. The Morgan fingerprint density at radius 3 is 2.50 bits per heavy atom. The van der Waals surface area contributed by atoms with E-state index in [1.165, 1.54) is 12.1 Å². The van der Waals surface area contributed by atoms with Gasteiger partial charge in [-0.05, 0) is 32.3 Å². The molecule has 1 heterocycles. The highest BCUT2D eigenvalue weighted by molar-refractivity contribution is 5.70. The fourth-order valence-electron chi connectivity index (χ4n) is 2.59. The zero-order valence-electron chi connectivity index (χ0n) is 11.2. The molecule has 0 N–H and O–H groups in total. The van der Waals surface area contributed by atoms with Gasteiger partial charge in [0.1, 0.15) is 17.8 Å². The van der Waals surface area contributed by atoms with Crippen LogP contribution in [0.3, 0.4) is 0 Å². The first kappa shape index (κ1) is 13.8. The van der Waals surface area contributed by atoms with Crippen molar-refractivity contribution in [1.29, 1.82) is 10.5 Å². The van der Waals surface area contributed by atoms with E-state index < -0.39 is 4.92 Å². The number of hydrogen-bond acceptors (Lipinski definition) is 5. The van der Waals surface area contributed by atoms with Crippen LogP contribution < -0.4 is 4.90 Å². The summed E-state index contributed by atoms with van der Waals surface area (Å²) in [5, 5.41) is 29.3. The normalized spacial score (nSPS) is 18.1. The minimum absolute atomic E-state index is 0.0487. The van der Waals surface area contributed by atoms with E-state index in [-0.39, 0.29) is 22.9 Å². The number of benzene rings is 1. The summed E-state index contributed by atoms with van der Waals surface area (Å²) >= 11 is 0. The second-order valence-electron chi connectivity index (χ2n) is 4.91. The third-order valence-electron chi connectivity index (χ3n) is 3.66. The van der Waals surface area contributed by atoms with E-state index in [1.807, 2.05) is 24.0 Å². The number of nitriles is 2. The standard InChI is InChI=1S/C14H14N4O2/c1-10-4-2-3-5-17(10)13-6-11(8-15)12(9-16)7-14(13)18(19)20/h6-7,10H,2-5H2,1H3/t10-/m1/s1. The smallest absolute Gasteiger partial charge is 0.293 e. The summed E-state index contributed by atoms with van der Waals surface area (Å²) in [5.41, 5.74) is 0.575. The van der Waals surface area contributed by atoms with Crippen molar-refractivity contribution in [1.82, 2.24) is 0 Å². The molecule has 0 spiro atoms. The highest BCUT2D eigenvalue weighted by Crippen LogP contribution is 2.35.